The average Bonchev–Trinajstić information content (AvgIpc) is 2.80. The fourth-order valence-electron chi connectivity index (χ4n) is 2.83. The first kappa shape index (κ1) is 13.8. The van der Waals surface area contributed by atoms with Crippen LogP contribution in [0.15, 0.2) is 18.2 Å². The molecule has 2 unspecified atom stereocenters. The van der Waals surface area contributed by atoms with E-state index in [0.717, 1.165) is 29.5 Å². The summed E-state index contributed by atoms with van der Waals surface area (Å²) in [5.41, 5.74) is 0.881. The molecule has 1 aromatic heterocycles. The second kappa shape index (κ2) is 5.70. The van der Waals surface area contributed by atoms with Gasteiger partial charge in [-0.1, -0.05) is 42.7 Å². The summed E-state index contributed by atoms with van der Waals surface area (Å²) in [5, 5.41) is 4.33. The summed E-state index contributed by atoms with van der Waals surface area (Å²) in [4.78, 5) is 16.7. The Hall–Kier alpha value is -1.13. The molecule has 1 aromatic carbocycles. The lowest BCUT2D eigenvalue weighted by atomic mass is 9.82. The number of hydrogen-bond acceptors (Lipinski definition) is 3. The van der Waals surface area contributed by atoms with Gasteiger partial charge < -0.3 is 5.32 Å². The maximum Gasteiger partial charge on any atom is 0.229 e. The average molecular weight is 309 g/mol. The van der Waals surface area contributed by atoms with Gasteiger partial charge in [0.1, 0.15) is 0 Å². The molecule has 0 spiro atoms. The van der Waals surface area contributed by atoms with E-state index < -0.39 is 0 Å². The molecule has 0 aliphatic heterocycles. The van der Waals surface area contributed by atoms with Gasteiger partial charge in [0, 0.05) is 10.9 Å². The van der Waals surface area contributed by atoms with Gasteiger partial charge in [0.05, 0.1) is 10.2 Å². The molecule has 2 aromatic rings. The lowest BCUT2D eigenvalue weighted by Gasteiger charge is -2.25. The molecule has 3 nitrogen and oxygen atoms in total. The molecule has 3 rings (SSSR count). The highest BCUT2D eigenvalue weighted by Gasteiger charge is 2.25. The van der Waals surface area contributed by atoms with Crippen molar-refractivity contribution in [3.8, 4) is 0 Å². The summed E-state index contributed by atoms with van der Waals surface area (Å²) in [5.74, 6) is 0.893. The van der Waals surface area contributed by atoms with Crippen molar-refractivity contribution < 1.29 is 4.79 Å². The third-order valence-corrected chi connectivity index (χ3v) is 5.06. The molecule has 1 aliphatic rings. The zero-order chi connectivity index (χ0) is 14.1. The highest BCUT2D eigenvalue weighted by molar-refractivity contribution is 7.22. The van der Waals surface area contributed by atoms with Gasteiger partial charge in [0.15, 0.2) is 5.13 Å². The Morgan fingerprint density at radius 3 is 3.10 bits per heavy atom. The first-order chi connectivity index (χ1) is 9.61. The van der Waals surface area contributed by atoms with E-state index in [1.165, 1.54) is 17.8 Å². The monoisotopic (exact) mass is 308 g/mol. The number of carbonyl (C=O) groups is 1. The Morgan fingerprint density at radius 1 is 1.45 bits per heavy atom. The number of nitrogens with one attached hydrogen (secondary N) is 1. The van der Waals surface area contributed by atoms with Gasteiger partial charge in [-0.3, -0.25) is 4.79 Å². The minimum atomic E-state index is 0.113. The number of fused-ring (bicyclic) bond motifs is 1. The molecule has 1 fully saturated rings. The Balaban J connectivity index is 1.73. The summed E-state index contributed by atoms with van der Waals surface area (Å²) in [6, 6.07) is 5.58. The standard InChI is InChI=1S/C15H17ClN2OS/c1-9-3-2-4-10(7-9)14(19)18-15-17-12-6-5-11(16)8-13(12)20-15/h5-6,8-10H,2-4,7H2,1H3,(H,17,18,19). The number of halogens is 1. The third kappa shape index (κ3) is 2.96. The molecule has 0 bridgehead atoms. The second-order valence-corrected chi connectivity index (χ2v) is 7.06. The van der Waals surface area contributed by atoms with Gasteiger partial charge in [-0.25, -0.2) is 4.98 Å². The van der Waals surface area contributed by atoms with Crippen molar-refractivity contribution in [1.29, 1.82) is 0 Å². The van der Waals surface area contributed by atoms with Crippen molar-refractivity contribution in [3.63, 3.8) is 0 Å². The van der Waals surface area contributed by atoms with Crippen LogP contribution in [-0.2, 0) is 4.79 Å². The third-order valence-electron chi connectivity index (χ3n) is 3.89. The number of rotatable bonds is 2. The van der Waals surface area contributed by atoms with Crippen LogP contribution in [0.3, 0.4) is 0 Å². The van der Waals surface area contributed by atoms with Gasteiger partial charge in [0.2, 0.25) is 5.91 Å². The number of amides is 1. The van der Waals surface area contributed by atoms with Gasteiger partial charge in [-0.05, 0) is 37.0 Å². The Morgan fingerprint density at radius 2 is 2.30 bits per heavy atom. The molecular formula is C15H17ClN2OS. The topological polar surface area (TPSA) is 42.0 Å². The van der Waals surface area contributed by atoms with E-state index in [4.69, 9.17) is 11.6 Å². The van der Waals surface area contributed by atoms with Crippen molar-refractivity contribution in [2.75, 3.05) is 5.32 Å². The van der Waals surface area contributed by atoms with E-state index in [9.17, 15) is 4.79 Å². The molecule has 1 heterocycles. The van der Waals surface area contributed by atoms with Crippen LogP contribution in [0, 0.1) is 11.8 Å². The molecule has 5 heteroatoms. The van der Waals surface area contributed by atoms with Crippen molar-refractivity contribution in [3.05, 3.63) is 23.2 Å². The lowest BCUT2D eigenvalue weighted by Crippen LogP contribution is -2.27. The molecule has 1 amide bonds. The smallest absolute Gasteiger partial charge is 0.229 e. The molecule has 1 N–H and O–H groups in total. The quantitative estimate of drug-likeness (QED) is 0.872. The first-order valence-corrected chi connectivity index (χ1v) is 8.18. The largest absolute Gasteiger partial charge is 0.302 e. The van der Waals surface area contributed by atoms with E-state index in [1.807, 2.05) is 18.2 Å². The predicted molar refractivity (Wildman–Crippen MR) is 84.4 cm³/mol. The zero-order valence-electron chi connectivity index (χ0n) is 11.4. The molecule has 20 heavy (non-hydrogen) atoms. The number of carbonyl (C=O) groups excluding carboxylic acids is 1. The Bertz CT molecular complexity index is 640. The summed E-state index contributed by atoms with van der Waals surface area (Å²) < 4.78 is 1.00. The highest BCUT2D eigenvalue weighted by atomic mass is 35.5. The molecule has 0 radical (unpaired) electrons. The van der Waals surface area contributed by atoms with Crippen molar-refractivity contribution in [2.45, 2.75) is 32.6 Å². The van der Waals surface area contributed by atoms with Crippen molar-refractivity contribution in [2.24, 2.45) is 11.8 Å². The van der Waals surface area contributed by atoms with E-state index in [2.05, 4.69) is 17.2 Å². The summed E-state index contributed by atoms with van der Waals surface area (Å²) in [7, 11) is 0. The highest BCUT2D eigenvalue weighted by Crippen LogP contribution is 2.32. The minimum Gasteiger partial charge on any atom is -0.302 e. The van der Waals surface area contributed by atoms with Gasteiger partial charge in [0.25, 0.3) is 0 Å². The zero-order valence-corrected chi connectivity index (χ0v) is 12.9. The predicted octanol–water partition coefficient (Wildman–Crippen LogP) is 4.71. The number of hydrogen-bond donors (Lipinski definition) is 1. The number of nitrogens with zero attached hydrogens (tertiary/aromatic N) is 1. The van der Waals surface area contributed by atoms with E-state index in [1.54, 1.807) is 0 Å². The van der Waals surface area contributed by atoms with Crippen LogP contribution in [0.4, 0.5) is 5.13 Å². The molecule has 0 saturated heterocycles. The van der Waals surface area contributed by atoms with E-state index in [-0.39, 0.29) is 11.8 Å². The fraction of sp³-hybridized carbons (Fsp3) is 0.467. The van der Waals surface area contributed by atoms with Crippen LogP contribution >= 0.6 is 22.9 Å². The van der Waals surface area contributed by atoms with Crippen LogP contribution in [0.25, 0.3) is 10.2 Å². The molecule has 1 aliphatic carbocycles. The summed E-state index contributed by atoms with van der Waals surface area (Å²) >= 11 is 7.44. The van der Waals surface area contributed by atoms with Crippen molar-refractivity contribution >= 4 is 44.2 Å². The fourth-order valence-corrected chi connectivity index (χ4v) is 3.98. The van der Waals surface area contributed by atoms with Gasteiger partial charge >= 0.3 is 0 Å². The van der Waals surface area contributed by atoms with Crippen LogP contribution in [0.1, 0.15) is 32.6 Å². The number of benzene rings is 1. The van der Waals surface area contributed by atoms with E-state index in [0.29, 0.717) is 16.1 Å². The van der Waals surface area contributed by atoms with Crippen LogP contribution in [0.2, 0.25) is 5.02 Å². The second-order valence-electron chi connectivity index (χ2n) is 5.59. The molecule has 2 atom stereocenters. The summed E-state index contributed by atoms with van der Waals surface area (Å²) in [6.07, 6.45) is 4.37. The van der Waals surface area contributed by atoms with E-state index >= 15 is 0 Å². The minimum absolute atomic E-state index is 0.113. The van der Waals surface area contributed by atoms with Crippen LogP contribution in [-0.4, -0.2) is 10.9 Å². The maximum absolute atomic E-state index is 12.3. The normalized spacial score (nSPS) is 22.9. The van der Waals surface area contributed by atoms with Gasteiger partial charge in [-0.2, -0.15) is 0 Å². The number of anilines is 1. The lowest BCUT2D eigenvalue weighted by molar-refractivity contribution is -0.121. The van der Waals surface area contributed by atoms with Crippen LogP contribution < -0.4 is 5.32 Å². The number of aromatic nitrogens is 1. The first-order valence-electron chi connectivity index (χ1n) is 6.99. The molecule has 106 valence electrons. The summed E-state index contributed by atoms with van der Waals surface area (Å²) in [6.45, 7) is 2.22. The maximum atomic E-state index is 12.3. The van der Waals surface area contributed by atoms with Crippen LogP contribution in [0.5, 0.6) is 0 Å². The van der Waals surface area contributed by atoms with Crippen molar-refractivity contribution in [1.82, 2.24) is 4.98 Å². The molecular weight excluding hydrogens is 292 g/mol. The SMILES string of the molecule is CC1CCCC(C(=O)Nc2nc3ccc(Cl)cc3s2)C1. The Labute approximate surface area is 127 Å². The molecule has 1 saturated carbocycles. The number of thiazole rings is 1. The Kier molecular flexibility index (Phi) is 3.94. The van der Waals surface area contributed by atoms with Gasteiger partial charge in [-0.15, -0.1) is 0 Å².